The Morgan fingerprint density at radius 1 is 1.29 bits per heavy atom. The Morgan fingerprint density at radius 3 is 2.86 bits per heavy atom. The third kappa shape index (κ3) is 2.76. The molecule has 0 N–H and O–H groups in total. The van der Waals surface area contributed by atoms with E-state index in [0.29, 0.717) is 18.4 Å². The molecule has 6 nitrogen and oxygen atoms in total. The molecule has 1 aliphatic heterocycles. The third-order valence-electron chi connectivity index (χ3n) is 4.22. The highest BCUT2D eigenvalue weighted by atomic mass is 16.3. The summed E-state index contributed by atoms with van der Waals surface area (Å²) < 4.78 is 6.62. The van der Waals surface area contributed by atoms with Gasteiger partial charge < -0.3 is 4.42 Å². The van der Waals surface area contributed by atoms with Crippen LogP contribution >= 0.6 is 0 Å². The zero-order valence-corrected chi connectivity index (χ0v) is 11.8. The van der Waals surface area contributed by atoms with Gasteiger partial charge in [-0.05, 0) is 18.9 Å². The van der Waals surface area contributed by atoms with Crippen LogP contribution in [0, 0.1) is 5.92 Å². The molecule has 3 heterocycles. The Morgan fingerprint density at radius 2 is 2.14 bits per heavy atom. The minimum absolute atomic E-state index is 0.00866. The van der Waals surface area contributed by atoms with Gasteiger partial charge in [0.25, 0.3) is 5.56 Å². The summed E-state index contributed by atoms with van der Waals surface area (Å²) in [4.78, 5) is 18.3. The highest BCUT2D eigenvalue weighted by Gasteiger charge is 2.29. The minimum Gasteiger partial charge on any atom is -0.451 e. The summed E-state index contributed by atoms with van der Waals surface area (Å²) in [6.07, 6.45) is 5.55. The van der Waals surface area contributed by atoms with Crippen LogP contribution in [-0.2, 0) is 13.1 Å². The van der Waals surface area contributed by atoms with Gasteiger partial charge in [-0.2, -0.15) is 5.10 Å². The Hall–Kier alpha value is -1.95. The summed E-state index contributed by atoms with van der Waals surface area (Å²) in [5, 5.41) is 4.52. The SMILES string of the molecule is O=c1ccc(C2CC2)nn1CC1CN(Cc2cocn2)C1. The van der Waals surface area contributed by atoms with E-state index in [1.165, 1.54) is 19.2 Å². The maximum Gasteiger partial charge on any atom is 0.266 e. The van der Waals surface area contributed by atoms with E-state index in [2.05, 4.69) is 15.0 Å². The van der Waals surface area contributed by atoms with Crippen LogP contribution in [0.1, 0.15) is 30.1 Å². The second-order valence-electron chi connectivity index (χ2n) is 6.09. The van der Waals surface area contributed by atoms with Crippen molar-refractivity contribution in [2.75, 3.05) is 13.1 Å². The average Bonchev–Trinajstić information content (AvgIpc) is 3.16. The minimum atomic E-state index is 0.00866. The second-order valence-corrected chi connectivity index (χ2v) is 6.09. The standard InChI is InChI=1S/C15H18N4O2/c20-15-4-3-14(12-1-2-12)17-19(15)7-11-5-18(6-11)8-13-9-21-10-16-13/h3-4,9-12H,1-2,5-8H2. The monoisotopic (exact) mass is 286 g/mol. The number of nitrogens with zero attached hydrogens (tertiary/aromatic N) is 4. The number of oxazole rings is 1. The summed E-state index contributed by atoms with van der Waals surface area (Å²) in [5.74, 6) is 1.08. The van der Waals surface area contributed by atoms with Gasteiger partial charge >= 0.3 is 0 Å². The first-order chi connectivity index (χ1) is 10.3. The van der Waals surface area contributed by atoms with Crippen molar-refractivity contribution in [3.8, 4) is 0 Å². The van der Waals surface area contributed by atoms with Crippen molar-refractivity contribution >= 4 is 0 Å². The fourth-order valence-electron chi connectivity index (χ4n) is 2.90. The summed E-state index contributed by atoms with van der Waals surface area (Å²) in [6, 6.07) is 3.54. The van der Waals surface area contributed by atoms with Gasteiger partial charge in [-0.25, -0.2) is 9.67 Å². The van der Waals surface area contributed by atoms with E-state index >= 15 is 0 Å². The van der Waals surface area contributed by atoms with Crippen LogP contribution in [0.5, 0.6) is 0 Å². The van der Waals surface area contributed by atoms with Crippen molar-refractivity contribution in [1.82, 2.24) is 19.7 Å². The first-order valence-electron chi connectivity index (χ1n) is 7.45. The molecule has 2 aromatic rings. The highest BCUT2D eigenvalue weighted by Crippen LogP contribution is 2.38. The van der Waals surface area contributed by atoms with E-state index in [9.17, 15) is 4.79 Å². The largest absolute Gasteiger partial charge is 0.451 e. The summed E-state index contributed by atoms with van der Waals surface area (Å²) in [5.41, 5.74) is 2.04. The van der Waals surface area contributed by atoms with Crippen molar-refractivity contribution in [3.63, 3.8) is 0 Å². The molecule has 6 heteroatoms. The lowest BCUT2D eigenvalue weighted by molar-refractivity contribution is 0.0752. The third-order valence-corrected chi connectivity index (χ3v) is 4.22. The van der Waals surface area contributed by atoms with Crippen LogP contribution in [0.25, 0.3) is 0 Å². The molecule has 1 aliphatic carbocycles. The van der Waals surface area contributed by atoms with E-state index in [-0.39, 0.29) is 5.56 Å². The maximum atomic E-state index is 11.9. The van der Waals surface area contributed by atoms with E-state index < -0.39 is 0 Å². The molecule has 0 atom stereocenters. The fourth-order valence-corrected chi connectivity index (χ4v) is 2.90. The molecule has 0 aromatic carbocycles. The predicted molar refractivity (Wildman–Crippen MR) is 75.7 cm³/mol. The van der Waals surface area contributed by atoms with E-state index in [4.69, 9.17) is 4.42 Å². The topological polar surface area (TPSA) is 64.2 Å². The zero-order valence-electron chi connectivity index (χ0n) is 11.8. The van der Waals surface area contributed by atoms with Gasteiger partial charge in [0.2, 0.25) is 0 Å². The molecule has 2 fully saturated rings. The molecule has 4 rings (SSSR count). The zero-order chi connectivity index (χ0) is 14.2. The van der Waals surface area contributed by atoms with Crippen LogP contribution in [0.3, 0.4) is 0 Å². The first-order valence-corrected chi connectivity index (χ1v) is 7.45. The number of hydrogen-bond acceptors (Lipinski definition) is 5. The van der Waals surface area contributed by atoms with Crippen LogP contribution in [0.4, 0.5) is 0 Å². The Bertz CT molecular complexity index is 669. The van der Waals surface area contributed by atoms with Gasteiger partial charge in [-0.15, -0.1) is 0 Å². The molecule has 110 valence electrons. The summed E-state index contributed by atoms with van der Waals surface area (Å²) in [6.45, 7) is 3.50. The molecule has 0 spiro atoms. The molecule has 0 bridgehead atoms. The number of likely N-dealkylation sites (tertiary alicyclic amines) is 1. The second kappa shape index (κ2) is 5.11. The van der Waals surface area contributed by atoms with Crippen LogP contribution in [-0.4, -0.2) is 32.8 Å². The number of aromatic nitrogens is 3. The van der Waals surface area contributed by atoms with Gasteiger partial charge in [0, 0.05) is 37.5 Å². The van der Waals surface area contributed by atoms with Gasteiger partial charge in [0.05, 0.1) is 17.9 Å². The lowest BCUT2D eigenvalue weighted by Gasteiger charge is -2.38. The fraction of sp³-hybridized carbons (Fsp3) is 0.533. The number of rotatable bonds is 5. The van der Waals surface area contributed by atoms with E-state index in [0.717, 1.165) is 31.0 Å². The van der Waals surface area contributed by atoms with Crippen molar-refractivity contribution in [3.05, 3.63) is 46.5 Å². The quantitative estimate of drug-likeness (QED) is 0.827. The van der Waals surface area contributed by atoms with Crippen LogP contribution in [0.2, 0.25) is 0 Å². The van der Waals surface area contributed by atoms with Gasteiger partial charge in [0.15, 0.2) is 6.39 Å². The molecule has 1 saturated carbocycles. The van der Waals surface area contributed by atoms with Gasteiger partial charge in [0.1, 0.15) is 6.26 Å². The molecule has 0 amide bonds. The van der Waals surface area contributed by atoms with E-state index in [1.807, 2.05) is 6.07 Å². The normalized spacial score (nSPS) is 19.6. The van der Waals surface area contributed by atoms with Crippen LogP contribution < -0.4 is 5.56 Å². The molecule has 0 radical (unpaired) electrons. The van der Waals surface area contributed by atoms with Crippen LogP contribution in [0.15, 0.2) is 34.0 Å². The molecule has 2 aromatic heterocycles. The van der Waals surface area contributed by atoms with Crippen molar-refractivity contribution in [2.45, 2.75) is 31.8 Å². The summed E-state index contributed by atoms with van der Waals surface area (Å²) >= 11 is 0. The molecule has 2 aliphatic rings. The molecular weight excluding hydrogens is 268 g/mol. The Kier molecular flexibility index (Phi) is 3.11. The maximum absolute atomic E-state index is 11.9. The first kappa shape index (κ1) is 12.8. The Labute approximate surface area is 122 Å². The highest BCUT2D eigenvalue weighted by molar-refractivity contribution is 5.12. The molecule has 1 saturated heterocycles. The number of hydrogen-bond donors (Lipinski definition) is 0. The van der Waals surface area contributed by atoms with Crippen molar-refractivity contribution < 1.29 is 4.42 Å². The lowest BCUT2D eigenvalue weighted by atomic mass is 10.00. The van der Waals surface area contributed by atoms with Gasteiger partial charge in [-0.3, -0.25) is 9.69 Å². The molecule has 21 heavy (non-hydrogen) atoms. The lowest BCUT2D eigenvalue weighted by Crippen LogP contribution is -2.49. The summed E-state index contributed by atoms with van der Waals surface area (Å²) in [7, 11) is 0. The van der Waals surface area contributed by atoms with E-state index in [1.54, 1.807) is 17.0 Å². The van der Waals surface area contributed by atoms with Gasteiger partial charge in [-0.1, -0.05) is 0 Å². The predicted octanol–water partition coefficient (Wildman–Crippen LogP) is 1.24. The smallest absolute Gasteiger partial charge is 0.266 e. The van der Waals surface area contributed by atoms with Crippen molar-refractivity contribution in [2.24, 2.45) is 5.92 Å². The molecule has 0 unspecified atom stereocenters. The molecular formula is C15H18N4O2. The average molecular weight is 286 g/mol. The Balaban J connectivity index is 1.35. The van der Waals surface area contributed by atoms with Crippen molar-refractivity contribution in [1.29, 1.82) is 0 Å².